The standard InChI is InChI=1S/C22H21ClN4O2/c23-18-6-4-17(5-7-18)22(29)10-14-27(15-11-22)20(28)16-2-8-19(9-3-16)26-21-24-12-1-13-25-21/h1-9,12-13,29H,10-11,14-15H2,(H,24,25,26). The molecule has 0 aliphatic carbocycles. The lowest BCUT2D eigenvalue weighted by Gasteiger charge is -2.38. The Labute approximate surface area is 174 Å². The second-order valence-corrected chi connectivity index (χ2v) is 7.54. The number of rotatable bonds is 4. The third-order valence-electron chi connectivity index (χ3n) is 5.21. The van der Waals surface area contributed by atoms with Crippen molar-refractivity contribution in [2.75, 3.05) is 18.4 Å². The molecule has 0 spiro atoms. The highest BCUT2D eigenvalue weighted by Gasteiger charge is 2.35. The summed E-state index contributed by atoms with van der Waals surface area (Å²) in [4.78, 5) is 22.9. The molecule has 2 heterocycles. The van der Waals surface area contributed by atoms with Crippen molar-refractivity contribution in [1.29, 1.82) is 0 Å². The first-order chi connectivity index (χ1) is 14.0. The number of anilines is 2. The Kier molecular flexibility index (Phi) is 5.47. The van der Waals surface area contributed by atoms with Gasteiger partial charge >= 0.3 is 0 Å². The quantitative estimate of drug-likeness (QED) is 0.682. The maximum Gasteiger partial charge on any atom is 0.253 e. The number of halogens is 1. The van der Waals surface area contributed by atoms with E-state index in [0.29, 0.717) is 42.5 Å². The predicted octanol–water partition coefficient (Wildman–Crippen LogP) is 4.00. The second kappa shape index (κ2) is 8.19. The highest BCUT2D eigenvalue weighted by Crippen LogP contribution is 2.33. The van der Waals surface area contributed by atoms with E-state index in [1.165, 1.54) is 0 Å². The molecule has 2 N–H and O–H groups in total. The van der Waals surface area contributed by atoms with Crippen LogP contribution in [0.5, 0.6) is 0 Å². The van der Waals surface area contributed by atoms with Crippen LogP contribution in [0.1, 0.15) is 28.8 Å². The van der Waals surface area contributed by atoms with Crippen LogP contribution in [0, 0.1) is 0 Å². The van der Waals surface area contributed by atoms with Crippen LogP contribution in [0.4, 0.5) is 11.6 Å². The molecule has 0 radical (unpaired) electrons. The molecule has 148 valence electrons. The number of aromatic nitrogens is 2. The van der Waals surface area contributed by atoms with Gasteiger partial charge in [-0.3, -0.25) is 4.79 Å². The van der Waals surface area contributed by atoms with Gasteiger partial charge in [-0.05, 0) is 60.9 Å². The number of carbonyl (C=O) groups is 1. The zero-order valence-electron chi connectivity index (χ0n) is 15.8. The third kappa shape index (κ3) is 4.39. The Bertz CT molecular complexity index is 970. The molecule has 0 atom stereocenters. The number of hydrogen-bond donors (Lipinski definition) is 2. The number of nitrogens with one attached hydrogen (secondary N) is 1. The average Bonchev–Trinajstić information content (AvgIpc) is 2.75. The number of piperidine rings is 1. The maximum absolute atomic E-state index is 12.8. The van der Waals surface area contributed by atoms with Gasteiger partial charge in [0.1, 0.15) is 0 Å². The molecule has 1 amide bonds. The van der Waals surface area contributed by atoms with E-state index >= 15 is 0 Å². The zero-order chi connectivity index (χ0) is 20.3. The zero-order valence-corrected chi connectivity index (χ0v) is 16.5. The molecule has 1 aliphatic heterocycles. The molecule has 0 saturated carbocycles. The van der Waals surface area contributed by atoms with Gasteiger partial charge in [-0.1, -0.05) is 23.7 Å². The number of hydrogen-bond acceptors (Lipinski definition) is 5. The predicted molar refractivity (Wildman–Crippen MR) is 112 cm³/mol. The van der Waals surface area contributed by atoms with E-state index in [-0.39, 0.29) is 5.91 Å². The van der Waals surface area contributed by atoms with E-state index in [4.69, 9.17) is 11.6 Å². The molecule has 2 aromatic carbocycles. The highest BCUT2D eigenvalue weighted by atomic mass is 35.5. The fourth-order valence-corrected chi connectivity index (χ4v) is 3.63. The van der Waals surface area contributed by atoms with E-state index in [2.05, 4.69) is 15.3 Å². The Balaban J connectivity index is 1.38. The summed E-state index contributed by atoms with van der Waals surface area (Å²) >= 11 is 5.94. The van der Waals surface area contributed by atoms with Crippen molar-refractivity contribution in [2.45, 2.75) is 18.4 Å². The first-order valence-electron chi connectivity index (χ1n) is 9.45. The van der Waals surface area contributed by atoms with Crippen molar-refractivity contribution in [3.8, 4) is 0 Å². The number of carbonyl (C=O) groups excluding carboxylic acids is 1. The number of likely N-dealkylation sites (tertiary alicyclic amines) is 1. The summed E-state index contributed by atoms with van der Waals surface area (Å²) < 4.78 is 0. The van der Waals surface area contributed by atoms with Crippen LogP contribution in [0.15, 0.2) is 67.0 Å². The minimum absolute atomic E-state index is 0.0364. The Morgan fingerprint density at radius 3 is 2.24 bits per heavy atom. The minimum atomic E-state index is -0.926. The fourth-order valence-electron chi connectivity index (χ4n) is 3.50. The molecule has 1 aliphatic rings. The topological polar surface area (TPSA) is 78.4 Å². The first-order valence-corrected chi connectivity index (χ1v) is 9.83. The number of amides is 1. The molecule has 0 bridgehead atoms. The van der Waals surface area contributed by atoms with Crippen LogP contribution < -0.4 is 5.32 Å². The van der Waals surface area contributed by atoms with E-state index < -0.39 is 5.60 Å². The summed E-state index contributed by atoms with van der Waals surface area (Å²) in [7, 11) is 0. The normalized spacial score (nSPS) is 15.7. The molecular formula is C22H21ClN4O2. The van der Waals surface area contributed by atoms with Crippen molar-refractivity contribution < 1.29 is 9.90 Å². The van der Waals surface area contributed by atoms with Crippen LogP contribution in [-0.4, -0.2) is 39.0 Å². The second-order valence-electron chi connectivity index (χ2n) is 7.11. The monoisotopic (exact) mass is 408 g/mol. The number of benzene rings is 2. The van der Waals surface area contributed by atoms with E-state index in [1.807, 2.05) is 24.3 Å². The largest absolute Gasteiger partial charge is 0.385 e. The fraction of sp³-hybridized carbons (Fsp3) is 0.227. The van der Waals surface area contributed by atoms with Gasteiger partial charge in [0.05, 0.1) is 5.60 Å². The molecule has 1 fully saturated rings. The number of nitrogens with zero attached hydrogens (tertiary/aromatic N) is 3. The van der Waals surface area contributed by atoms with Crippen molar-refractivity contribution in [1.82, 2.24) is 14.9 Å². The van der Waals surface area contributed by atoms with Gasteiger partial charge in [0.2, 0.25) is 5.95 Å². The number of aliphatic hydroxyl groups is 1. The third-order valence-corrected chi connectivity index (χ3v) is 5.47. The summed E-state index contributed by atoms with van der Waals surface area (Å²) in [6.07, 6.45) is 4.31. The van der Waals surface area contributed by atoms with Gasteiger partial charge in [-0.15, -0.1) is 0 Å². The summed E-state index contributed by atoms with van der Waals surface area (Å²) in [5.74, 6) is 0.467. The summed E-state index contributed by atoms with van der Waals surface area (Å²) in [6, 6.07) is 16.2. The van der Waals surface area contributed by atoms with Crippen LogP contribution in [-0.2, 0) is 5.60 Å². The lowest BCUT2D eigenvalue weighted by Crippen LogP contribution is -2.45. The summed E-state index contributed by atoms with van der Waals surface area (Å²) in [5.41, 5.74) is 1.34. The van der Waals surface area contributed by atoms with Crippen LogP contribution in [0.25, 0.3) is 0 Å². The lowest BCUT2D eigenvalue weighted by molar-refractivity contribution is -0.0211. The average molecular weight is 409 g/mol. The Hall–Kier alpha value is -2.96. The molecule has 1 saturated heterocycles. The van der Waals surface area contributed by atoms with E-state index in [9.17, 15) is 9.90 Å². The first kappa shape index (κ1) is 19.4. The molecule has 4 rings (SSSR count). The Morgan fingerprint density at radius 2 is 1.62 bits per heavy atom. The molecule has 29 heavy (non-hydrogen) atoms. The van der Waals surface area contributed by atoms with Crippen LogP contribution in [0.2, 0.25) is 5.02 Å². The Morgan fingerprint density at radius 1 is 1.00 bits per heavy atom. The molecule has 3 aromatic rings. The SMILES string of the molecule is O=C(c1ccc(Nc2ncccn2)cc1)N1CCC(O)(c2ccc(Cl)cc2)CC1. The molecule has 7 heteroatoms. The molecular weight excluding hydrogens is 388 g/mol. The minimum Gasteiger partial charge on any atom is -0.385 e. The van der Waals surface area contributed by atoms with Crippen LogP contribution >= 0.6 is 11.6 Å². The molecule has 0 unspecified atom stereocenters. The van der Waals surface area contributed by atoms with Crippen molar-refractivity contribution in [3.63, 3.8) is 0 Å². The summed E-state index contributed by atoms with van der Waals surface area (Å²) in [5, 5.41) is 14.7. The highest BCUT2D eigenvalue weighted by molar-refractivity contribution is 6.30. The lowest BCUT2D eigenvalue weighted by atomic mass is 9.84. The van der Waals surface area contributed by atoms with Gasteiger partial charge in [-0.25, -0.2) is 9.97 Å². The van der Waals surface area contributed by atoms with Gasteiger partial charge in [-0.2, -0.15) is 0 Å². The smallest absolute Gasteiger partial charge is 0.253 e. The van der Waals surface area contributed by atoms with Gasteiger partial charge < -0.3 is 15.3 Å². The van der Waals surface area contributed by atoms with Crippen molar-refractivity contribution in [3.05, 3.63) is 83.1 Å². The van der Waals surface area contributed by atoms with Crippen LogP contribution in [0.3, 0.4) is 0 Å². The molecule has 1 aromatic heterocycles. The van der Waals surface area contributed by atoms with E-state index in [1.54, 1.807) is 47.6 Å². The summed E-state index contributed by atoms with van der Waals surface area (Å²) in [6.45, 7) is 0.992. The maximum atomic E-state index is 12.8. The molecule has 6 nitrogen and oxygen atoms in total. The van der Waals surface area contributed by atoms with Crippen molar-refractivity contribution in [2.24, 2.45) is 0 Å². The van der Waals surface area contributed by atoms with Gasteiger partial charge in [0, 0.05) is 41.8 Å². The van der Waals surface area contributed by atoms with Crippen molar-refractivity contribution >= 4 is 29.1 Å². The van der Waals surface area contributed by atoms with E-state index in [0.717, 1.165) is 11.3 Å². The van der Waals surface area contributed by atoms with Gasteiger partial charge in [0.15, 0.2) is 0 Å². The van der Waals surface area contributed by atoms with Gasteiger partial charge in [0.25, 0.3) is 5.91 Å².